The molecule has 32 heavy (non-hydrogen) atoms. The van der Waals surface area contributed by atoms with Crippen LogP contribution in [-0.4, -0.2) is 32.1 Å². The number of benzene rings is 1. The number of fused-ring (bicyclic) bond motifs is 1. The number of aryl methyl sites for hydroxylation is 1. The Labute approximate surface area is 208 Å². The number of hydrogen-bond donors (Lipinski definition) is 1. The van der Waals surface area contributed by atoms with E-state index in [0.717, 1.165) is 49.8 Å². The minimum absolute atomic E-state index is 0.0665. The molecule has 0 radical (unpaired) electrons. The van der Waals surface area contributed by atoms with Crippen LogP contribution in [0.4, 0.5) is 5.69 Å². The van der Waals surface area contributed by atoms with Crippen LogP contribution in [-0.2, 0) is 4.79 Å². The van der Waals surface area contributed by atoms with Crippen molar-refractivity contribution in [2.24, 2.45) is 0 Å². The predicted molar refractivity (Wildman–Crippen MR) is 144 cm³/mol. The minimum Gasteiger partial charge on any atom is -0.323 e. The second-order valence-corrected chi connectivity index (χ2v) is 13.6. The molecule has 0 bridgehead atoms. The number of nitrogens with one attached hydrogen (secondary N) is 1. The summed E-state index contributed by atoms with van der Waals surface area (Å²) < 4.78 is 2.33. The van der Waals surface area contributed by atoms with Gasteiger partial charge in [0.2, 0.25) is 5.91 Å². The molecule has 172 valence electrons. The third-order valence-corrected chi connectivity index (χ3v) is 8.65. The highest BCUT2D eigenvalue weighted by Crippen LogP contribution is 2.38. The maximum Gasteiger partial charge on any atom is 0.224 e. The number of carbonyl (C=O) groups is 1. The van der Waals surface area contributed by atoms with Crippen molar-refractivity contribution in [1.82, 2.24) is 9.97 Å². The number of thiazole rings is 1. The summed E-state index contributed by atoms with van der Waals surface area (Å²) in [6.07, 6.45) is 2.37. The van der Waals surface area contributed by atoms with Crippen LogP contribution < -0.4 is 5.32 Å². The molecule has 8 heteroatoms. The standard InChI is InChI=1S/C24H31N3OS4/c1-15(2)30-20-14-17(5)25-23(31-16(3)4)22(20)27-21(28)12-8-9-13-29-24-26-18-10-6-7-11-19(18)32-24/h6-7,10-11,14-16H,8-9,12-13H2,1-5H3,(H,27,28). The molecule has 0 aliphatic heterocycles. The Balaban J connectivity index is 1.54. The number of hydrogen-bond acceptors (Lipinski definition) is 7. The Morgan fingerprint density at radius 3 is 2.53 bits per heavy atom. The van der Waals surface area contributed by atoms with Crippen LogP contribution >= 0.6 is 46.6 Å². The largest absolute Gasteiger partial charge is 0.323 e. The number of rotatable bonds is 11. The summed E-state index contributed by atoms with van der Waals surface area (Å²) in [4.78, 5) is 23.2. The number of thioether (sulfide) groups is 3. The van der Waals surface area contributed by atoms with Gasteiger partial charge in [0, 0.05) is 33.3 Å². The quantitative estimate of drug-likeness (QED) is 0.211. The fourth-order valence-electron chi connectivity index (χ4n) is 3.05. The zero-order valence-electron chi connectivity index (χ0n) is 19.3. The minimum atomic E-state index is 0.0665. The highest BCUT2D eigenvalue weighted by Gasteiger charge is 2.17. The van der Waals surface area contributed by atoms with E-state index < -0.39 is 0 Å². The van der Waals surface area contributed by atoms with E-state index in [4.69, 9.17) is 4.98 Å². The lowest BCUT2D eigenvalue weighted by Gasteiger charge is -2.18. The Morgan fingerprint density at radius 1 is 1.06 bits per heavy atom. The van der Waals surface area contributed by atoms with E-state index in [1.54, 1.807) is 46.6 Å². The van der Waals surface area contributed by atoms with Gasteiger partial charge in [-0.25, -0.2) is 9.97 Å². The van der Waals surface area contributed by atoms with Gasteiger partial charge in [-0.3, -0.25) is 4.79 Å². The first-order valence-corrected chi connectivity index (χ1v) is 14.5. The SMILES string of the molecule is Cc1cc(SC(C)C)c(NC(=O)CCCCSc2nc3ccccc3s2)c(SC(C)C)n1. The van der Waals surface area contributed by atoms with Gasteiger partial charge in [-0.1, -0.05) is 51.6 Å². The first-order chi connectivity index (χ1) is 15.3. The Hall–Kier alpha value is -1.22. The van der Waals surface area contributed by atoms with Crippen molar-refractivity contribution in [2.75, 3.05) is 11.1 Å². The summed E-state index contributed by atoms with van der Waals surface area (Å²) in [6, 6.07) is 10.3. The number of amides is 1. The molecule has 0 aliphatic rings. The Kier molecular flexibility index (Phi) is 9.77. The van der Waals surface area contributed by atoms with E-state index in [1.807, 2.05) is 19.1 Å². The van der Waals surface area contributed by atoms with Crippen LogP contribution in [0.15, 0.2) is 44.6 Å². The summed E-state index contributed by atoms with van der Waals surface area (Å²) in [7, 11) is 0. The molecule has 0 saturated carbocycles. The maximum absolute atomic E-state index is 12.7. The number of nitrogens with zero attached hydrogens (tertiary/aromatic N) is 2. The van der Waals surface area contributed by atoms with E-state index >= 15 is 0 Å². The van der Waals surface area contributed by atoms with Crippen molar-refractivity contribution < 1.29 is 4.79 Å². The third kappa shape index (κ3) is 7.68. The van der Waals surface area contributed by atoms with E-state index in [2.05, 4.69) is 56.2 Å². The number of aromatic nitrogens is 2. The highest BCUT2D eigenvalue weighted by atomic mass is 32.2. The van der Waals surface area contributed by atoms with Crippen LogP contribution in [0.25, 0.3) is 10.2 Å². The lowest BCUT2D eigenvalue weighted by atomic mass is 10.2. The molecule has 0 fully saturated rings. The van der Waals surface area contributed by atoms with Gasteiger partial charge >= 0.3 is 0 Å². The first kappa shape index (κ1) is 25.4. The first-order valence-electron chi connectivity index (χ1n) is 10.9. The molecule has 1 amide bonds. The molecule has 0 aliphatic carbocycles. The van der Waals surface area contributed by atoms with Crippen LogP contribution in [0.1, 0.15) is 52.7 Å². The number of unbranched alkanes of at least 4 members (excludes halogenated alkanes) is 1. The molecule has 0 unspecified atom stereocenters. The molecule has 2 heterocycles. The zero-order chi connectivity index (χ0) is 23.1. The van der Waals surface area contributed by atoms with Gasteiger partial charge in [-0.2, -0.15) is 0 Å². The highest BCUT2D eigenvalue weighted by molar-refractivity contribution is 8.01. The van der Waals surface area contributed by atoms with Crippen LogP contribution in [0, 0.1) is 6.92 Å². The number of carbonyl (C=O) groups excluding carboxylic acids is 1. The molecular weight excluding hydrogens is 475 g/mol. The maximum atomic E-state index is 12.7. The van der Waals surface area contributed by atoms with Crippen LogP contribution in [0.2, 0.25) is 0 Å². The van der Waals surface area contributed by atoms with Gasteiger partial charge in [-0.15, -0.1) is 34.9 Å². The van der Waals surface area contributed by atoms with Crippen molar-refractivity contribution in [2.45, 2.75) is 78.6 Å². The average molecular weight is 506 g/mol. The normalized spacial score (nSPS) is 11.6. The lowest BCUT2D eigenvalue weighted by Crippen LogP contribution is -2.14. The molecule has 1 aromatic carbocycles. The van der Waals surface area contributed by atoms with E-state index in [9.17, 15) is 4.79 Å². The van der Waals surface area contributed by atoms with Crippen LogP contribution in [0.3, 0.4) is 0 Å². The van der Waals surface area contributed by atoms with Crippen LogP contribution in [0.5, 0.6) is 0 Å². The summed E-state index contributed by atoms with van der Waals surface area (Å²) in [6.45, 7) is 10.7. The molecule has 1 N–H and O–H groups in total. The summed E-state index contributed by atoms with van der Waals surface area (Å²) in [5, 5.41) is 4.94. The molecule has 0 saturated heterocycles. The molecule has 3 rings (SSSR count). The summed E-state index contributed by atoms with van der Waals surface area (Å²) in [5.41, 5.74) is 2.93. The van der Waals surface area contributed by atoms with Gasteiger partial charge in [-0.05, 0) is 38.0 Å². The van der Waals surface area contributed by atoms with Crippen molar-refractivity contribution >= 4 is 68.4 Å². The Bertz CT molecular complexity index is 985. The van der Waals surface area contributed by atoms with Crippen molar-refractivity contribution in [3.8, 4) is 0 Å². The molecule has 4 nitrogen and oxygen atoms in total. The van der Waals surface area contributed by atoms with Crippen molar-refractivity contribution in [3.63, 3.8) is 0 Å². The second-order valence-electron chi connectivity index (χ2n) is 8.08. The van der Waals surface area contributed by atoms with Gasteiger partial charge < -0.3 is 5.32 Å². The fourth-order valence-corrected chi connectivity index (χ4v) is 7.18. The molecule has 0 spiro atoms. The van der Waals surface area contributed by atoms with Crippen molar-refractivity contribution in [3.05, 3.63) is 36.0 Å². The molecular formula is C24H31N3OS4. The number of pyridine rings is 1. The van der Waals surface area contributed by atoms with E-state index in [-0.39, 0.29) is 5.91 Å². The predicted octanol–water partition coefficient (Wildman–Crippen LogP) is 7.90. The average Bonchev–Trinajstić information content (AvgIpc) is 3.12. The Morgan fingerprint density at radius 2 is 1.81 bits per heavy atom. The van der Waals surface area contributed by atoms with Crippen molar-refractivity contribution in [1.29, 1.82) is 0 Å². The number of para-hydroxylation sites is 1. The lowest BCUT2D eigenvalue weighted by molar-refractivity contribution is -0.116. The molecule has 2 aromatic heterocycles. The molecule has 3 aromatic rings. The van der Waals surface area contributed by atoms with Gasteiger partial charge in [0.15, 0.2) is 4.34 Å². The topological polar surface area (TPSA) is 54.9 Å². The summed E-state index contributed by atoms with van der Waals surface area (Å²) >= 11 is 7.00. The smallest absolute Gasteiger partial charge is 0.224 e. The monoisotopic (exact) mass is 505 g/mol. The van der Waals surface area contributed by atoms with Gasteiger partial charge in [0.25, 0.3) is 0 Å². The van der Waals surface area contributed by atoms with E-state index in [0.29, 0.717) is 16.9 Å². The third-order valence-electron chi connectivity index (χ3n) is 4.35. The second kappa shape index (κ2) is 12.3. The van der Waals surface area contributed by atoms with Gasteiger partial charge in [0.05, 0.1) is 15.9 Å². The number of anilines is 1. The molecule has 0 atom stereocenters. The zero-order valence-corrected chi connectivity index (χ0v) is 22.6. The van der Waals surface area contributed by atoms with E-state index in [1.165, 1.54) is 4.70 Å². The fraction of sp³-hybridized carbons (Fsp3) is 0.458. The summed E-state index contributed by atoms with van der Waals surface area (Å²) in [5.74, 6) is 1.04. The van der Waals surface area contributed by atoms with Gasteiger partial charge in [0.1, 0.15) is 5.03 Å².